The minimum atomic E-state index is -0.883. The van der Waals surface area contributed by atoms with Gasteiger partial charge in [-0.05, 0) is 42.7 Å². The van der Waals surface area contributed by atoms with Crippen LogP contribution in [0.5, 0.6) is 5.75 Å². The van der Waals surface area contributed by atoms with Crippen LogP contribution in [-0.4, -0.2) is 48.6 Å². The molecule has 1 atom stereocenters. The van der Waals surface area contributed by atoms with E-state index in [1.165, 1.54) is 0 Å². The van der Waals surface area contributed by atoms with Gasteiger partial charge in [0.05, 0.1) is 19.0 Å². The van der Waals surface area contributed by atoms with E-state index in [1.54, 1.807) is 54.6 Å². The summed E-state index contributed by atoms with van der Waals surface area (Å²) in [4.78, 5) is 35.7. The number of carbonyl (C=O) groups is 3. The molecule has 0 aliphatic rings. The summed E-state index contributed by atoms with van der Waals surface area (Å²) in [7, 11) is 0. The topological polar surface area (TPSA) is 111 Å². The van der Waals surface area contributed by atoms with Gasteiger partial charge >= 0.3 is 12.1 Å². The summed E-state index contributed by atoms with van der Waals surface area (Å²) < 4.78 is 15.8. The van der Waals surface area contributed by atoms with Gasteiger partial charge in [-0.3, -0.25) is 14.9 Å². The first-order valence-electron chi connectivity index (χ1n) is 9.70. The van der Waals surface area contributed by atoms with Crippen LogP contribution in [0.25, 0.3) is 0 Å². The predicted molar refractivity (Wildman–Crippen MR) is 116 cm³/mol. The second-order valence-electron chi connectivity index (χ2n) is 6.38. The quantitative estimate of drug-likeness (QED) is 0.276. The molecule has 0 heterocycles. The molecule has 0 radical (unpaired) electrons. The van der Waals surface area contributed by atoms with Crippen molar-refractivity contribution >= 4 is 30.6 Å². The average molecular weight is 448 g/mol. The maximum atomic E-state index is 12.3. The number of benzene rings is 2. The van der Waals surface area contributed by atoms with Crippen molar-refractivity contribution in [3.63, 3.8) is 0 Å². The van der Waals surface area contributed by atoms with Gasteiger partial charge in [0.15, 0.2) is 0 Å². The first-order valence-corrected chi connectivity index (χ1v) is 10.3. The van der Waals surface area contributed by atoms with E-state index in [0.29, 0.717) is 29.7 Å². The molecule has 0 fully saturated rings. The lowest BCUT2D eigenvalue weighted by molar-refractivity contribution is -0.140. The third-order valence-electron chi connectivity index (χ3n) is 4.12. The van der Waals surface area contributed by atoms with Crippen LogP contribution in [0.3, 0.4) is 0 Å². The summed E-state index contributed by atoms with van der Waals surface area (Å²) >= 11 is 3.84. The Balaban J connectivity index is 2.01. The van der Waals surface area contributed by atoms with Gasteiger partial charge in [-0.25, -0.2) is 4.79 Å². The highest BCUT2D eigenvalue weighted by molar-refractivity contribution is 7.81. The van der Waals surface area contributed by atoms with Gasteiger partial charge in [0.25, 0.3) is 5.91 Å². The number of ether oxygens (including phenoxy) is 3. The third-order valence-corrected chi connectivity index (χ3v) is 4.37. The number of nitrogens with one attached hydrogen (secondary N) is 1. The second-order valence-corrected chi connectivity index (χ2v) is 6.69. The Hall–Kier alpha value is -3.04. The Morgan fingerprint density at radius 1 is 1.00 bits per heavy atom. The summed E-state index contributed by atoms with van der Waals surface area (Å²) in [6.45, 7) is 0.218. The Bertz CT molecular complexity index is 843. The van der Waals surface area contributed by atoms with E-state index in [0.717, 1.165) is 0 Å². The minimum Gasteiger partial charge on any atom is -0.491 e. The Labute approximate surface area is 185 Å². The van der Waals surface area contributed by atoms with E-state index in [1.807, 2.05) is 0 Å². The molecule has 2 rings (SSSR count). The smallest absolute Gasteiger partial charge is 0.414 e. The van der Waals surface area contributed by atoms with Crippen molar-refractivity contribution in [1.82, 2.24) is 5.32 Å². The molecular formula is C22H25NO7S. The largest absolute Gasteiger partial charge is 0.491 e. The molecule has 2 N–H and O–H groups in total. The van der Waals surface area contributed by atoms with Crippen LogP contribution < -0.4 is 10.1 Å². The maximum absolute atomic E-state index is 12.3. The van der Waals surface area contributed by atoms with Crippen LogP contribution in [-0.2, 0) is 14.3 Å². The normalized spacial score (nSPS) is 11.3. The molecule has 2 amide bonds. The zero-order chi connectivity index (χ0) is 22.5. The monoisotopic (exact) mass is 447 g/mol. The number of thiol groups is 1. The highest BCUT2D eigenvalue weighted by atomic mass is 32.1. The van der Waals surface area contributed by atoms with Crippen molar-refractivity contribution < 1.29 is 33.7 Å². The molecule has 0 unspecified atom stereocenters. The molecule has 0 spiro atoms. The van der Waals surface area contributed by atoms with Crippen molar-refractivity contribution in [3.05, 3.63) is 65.7 Å². The molecule has 8 nitrogen and oxygen atoms in total. The van der Waals surface area contributed by atoms with Gasteiger partial charge < -0.3 is 19.3 Å². The number of aliphatic hydroxyl groups excluding tert-OH is 1. The zero-order valence-electron chi connectivity index (χ0n) is 16.9. The number of esters is 1. The van der Waals surface area contributed by atoms with E-state index in [-0.39, 0.29) is 25.6 Å². The lowest BCUT2D eigenvalue weighted by atomic mass is 10.0. The number of alkyl carbamates (subject to hydrolysis) is 1. The third kappa shape index (κ3) is 8.69. The van der Waals surface area contributed by atoms with Gasteiger partial charge in [-0.15, -0.1) is 0 Å². The maximum Gasteiger partial charge on any atom is 0.414 e. The number of imide groups is 1. The first kappa shape index (κ1) is 24.2. The van der Waals surface area contributed by atoms with E-state index in [2.05, 4.69) is 17.9 Å². The summed E-state index contributed by atoms with van der Waals surface area (Å²) in [5.74, 6) is -0.459. The standard InChI is InChI=1S/C22H25NO7S/c24-12-14-28-18-10-8-16(9-11-18)19(7-4-13-29-20(25)15-31)30-22(27)23-21(26)17-5-2-1-3-6-17/h1-3,5-6,8-11,19,24,31H,4,7,12-15H2,(H,23,26,27)/t19-/m1/s1. The molecule has 0 saturated heterocycles. The van der Waals surface area contributed by atoms with Crippen LogP contribution in [0.1, 0.15) is 34.9 Å². The second kappa shape index (κ2) is 13.3. The molecule has 2 aromatic carbocycles. The van der Waals surface area contributed by atoms with Gasteiger partial charge in [-0.1, -0.05) is 30.3 Å². The Morgan fingerprint density at radius 2 is 1.71 bits per heavy atom. The van der Waals surface area contributed by atoms with Crippen LogP contribution in [0.2, 0.25) is 0 Å². The Kier molecular flexibility index (Phi) is 10.4. The van der Waals surface area contributed by atoms with E-state index < -0.39 is 24.1 Å². The van der Waals surface area contributed by atoms with E-state index in [4.69, 9.17) is 19.3 Å². The lowest BCUT2D eigenvalue weighted by Crippen LogP contribution is -2.32. The molecule has 0 aliphatic heterocycles. The number of hydrogen-bond acceptors (Lipinski definition) is 8. The highest BCUT2D eigenvalue weighted by Gasteiger charge is 2.19. The number of aliphatic hydroxyl groups is 1. The molecule has 166 valence electrons. The molecule has 0 aromatic heterocycles. The Morgan fingerprint density at radius 3 is 2.35 bits per heavy atom. The van der Waals surface area contributed by atoms with Crippen molar-refractivity contribution in [2.45, 2.75) is 18.9 Å². The van der Waals surface area contributed by atoms with Crippen LogP contribution in [0.15, 0.2) is 54.6 Å². The fraction of sp³-hybridized carbons (Fsp3) is 0.318. The molecule has 31 heavy (non-hydrogen) atoms. The fourth-order valence-electron chi connectivity index (χ4n) is 2.65. The lowest BCUT2D eigenvalue weighted by Gasteiger charge is -2.19. The molecule has 0 saturated carbocycles. The zero-order valence-corrected chi connectivity index (χ0v) is 17.8. The minimum absolute atomic E-state index is 0.0146. The summed E-state index contributed by atoms with van der Waals surface area (Å²) in [5.41, 5.74) is 1.01. The fourth-order valence-corrected chi connectivity index (χ4v) is 2.74. The molecule has 9 heteroatoms. The summed E-state index contributed by atoms with van der Waals surface area (Å²) in [6, 6.07) is 15.1. The van der Waals surface area contributed by atoms with Crippen molar-refractivity contribution in [3.8, 4) is 5.75 Å². The van der Waals surface area contributed by atoms with Crippen LogP contribution >= 0.6 is 12.6 Å². The number of hydrogen-bond donors (Lipinski definition) is 3. The average Bonchev–Trinajstić information content (AvgIpc) is 2.80. The van der Waals surface area contributed by atoms with Gasteiger partial charge in [-0.2, -0.15) is 12.6 Å². The van der Waals surface area contributed by atoms with Crippen molar-refractivity contribution in [1.29, 1.82) is 0 Å². The van der Waals surface area contributed by atoms with Gasteiger partial charge in [0.1, 0.15) is 18.5 Å². The van der Waals surface area contributed by atoms with Gasteiger partial charge in [0, 0.05) is 5.56 Å². The van der Waals surface area contributed by atoms with Crippen molar-refractivity contribution in [2.75, 3.05) is 25.6 Å². The summed E-state index contributed by atoms with van der Waals surface area (Å²) in [5, 5.41) is 11.0. The van der Waals surface area contributed by atoms with E-state index in [9.17, 15) is 14.4 Å². The van der Waals surface area contributed by atoms with Crippen LogP contribution in [0, 0.1) is 0 Å². The molecular weight excluding hydrogens is 422 g/mol. The van der Waals surface area contributed by atoms with Crippen molar-refractivity contribution in [2.24, 2.45) is 0 Å². The highest BCUT2D eigenvalue weighted by Crippen LogP contribution is 2.25. The van der Waals surface area contributed by atoms with E-state index >= 15 is 0 Å². The first-order chi connectivity index (χ1) is 15.0. The summed E-state index contributed by atoms with van der Waals surface area (Å²) in [6.07, 6.45) is -0.756. The number of amides is 2. The SMILES string of the molecule is O=C(CS)OCCC[C@@H](OC(=O)NC(=O)c1ccccc1)c1ccc(OCCO)cc1. The number of carbonyl (C=O) groups excluding carboxylic acids is 3. The molecule has 2 aromatic rings. The number of rotatable bonds is 11. The predicted octanol–water partition coefficient (Wildman–Crippen LogP) is 2.92. The molecule has 0 aliphatic carbocycles. The van der Waals surface area contributed by atoms with Gasteiger partial charge in [0.2, 0.25) is 0 Å². The molecule has 0 bridgehead atoms. The van der Waals surface area contributed by atoms with Crippen LogP contribution in [0.4, 0.5) is 4.79 Å².